The molecular weight excluding hydrogens is 248 g/mol. The molecule has 1 saturated carbocycles. The second-order valence-corrected chi connectivity index (χ2v) is 6.38. The fourth-order valence-corrected chi connectivity index (χ4v) is 3.33. The van der Waals surface area contributed by atoms with Crippen LogP contribution < -0.4 is 5.32 Å². The van der Waals surface area contributed by atoms with Crippen molar-refractivity contribution in [3.8, 4) is 0 Å². The summed E-state index contributed by atoms with van der Waals surface area (Å²) in [4.78, 5) is 14.6. The van der Waals surface area contributed by atoms with Crippen LogP contribution in [0.1, 0.15) is 50.4 Å². The summed E-state index contributed by atoms with van der Waals surface area (Å²) in [5.41, 5.74) is 2.45. The van der Waals surface area contributed by atoms with Crippen LogP contribution in [0, 0.1) is 12.8 Å². The Bertz CT molecular complexity index is 492. The summed E-state index contributed by atoms with van der Waals surface area (Å²) in [6.45, 7) is 6.27. The van der Waals surface area contributed by atoms with Crippen molar-refractivity contribution in [1.82, 2.24) is 10.2 Å². The highest BCUT2D eigenvalue weighted by Gasteiger charge is 2.42. The Morgan fingerprint density at radius 3 is 2.45 bits per heavy atom. The fourth-order valence-electron chi connectivity index (χ4n) is 3.33. The minimum Gasteiger partial charge on any atom is -0.319 e. The van der Waals surface area contributed by atoms with Crippen LogP contribution in [-0.2, 0) is 4.79 Å². The lowest BCUT2D eigenvalue weighted by Crippen LogP contribution is -2.44. The van der Waals surface area contributed by atoms with E-state index in [9.17, 15) is 4.79 Å². The van der Waals surface area contributed by atoms with Crippen LogP contribution >= 0.6 is 0 Å². The molecule has 0 radical (unpaired) electrons. The quantitative estimate of drug-likeness (QED) is 0.917. The SMILES string of the molecule is Cc1ccc(C2NC(C)C(=O)N2C(C)C2CCC2)cc1. The maximum Gasteiger partial charge on any atom is 0.241 e. The summed E-state index contributed by atoms with van der Waals surface area (Å²) in [7, 11) is 0. The van der Waals surface area contributed by atoms with Gasteiger partial charge in [0.05, 0.1) is 6.04 Å². The Kier molecular flexibility index (Phi) is 3.55. The average Bonchev–Trinajstić information content (AvgIpc) is 2.64. The molecule has 108 valence electrons. The predicted molar refractivity (Wildman–Crippen MR) is 80.2 cm³/mol. The molecule has 2 aliphatic rings. The molecule has 20 heavy (non-hydrogen) atoms. The predicted octanol–water partition coefficient (Wildman–Crippen LogP) is 3.00. The van der Waals surface area contributed by atoms with Crippen molar-refractivity contribution in [2.45, 2.75) is 58.3 Å². The zero-order valence-corrected chi connectivity index (χ0v) is 12.6. The van der Waals surface area contributed by atoms with E-state index < -0.39 is 0 Å². The van der Waals surface area contributed by atoms with Gasteiger partial charge in [-0.1, -0.05) is 36.2 Å². The van der Waals surface area contributed by atoms with Crippen molar-refractivity contribution in [3.05, 3.63) is 35.4 Å². The maximum atomic E-state index is 12.5. The first-order chi connectivity index (χ1) is 9.58. The third-order valence-corrected chi connectivity index (χ3v) is 4.97. The van der Waals surface area contributed by atoms with Gasteiger partial charge >= 0.3 is 0 Å². The monoisotopic (exact) mass is 272 g/mol. The average molecular weight is 272 g/mol. The number of rotatable bonds is 3. The fraction of sp³-hybridized carbons (Fsp3) is 0.588. The molecule has 1 amide bonds. The zero-order chi connectivity index (χ0) is 14.3. The van der Waals surface area contributed by atoms with Gasteiger partial charge in [0.1, 0.15) is 6.17 Å². The van der Waals surface area contributed by atoms with Gasteiger partial charge in [0.15, 0.2) is 0 Å². The molecule has 3 nitrogen and oxygen atoms in total. The summed E-state index contributed by atoms with van der Waals surface area (Å²) >= 11 is 0. The van der Waals surface area contributed by atoms with Crippen molar-refractivity contribution in [2.75, 3.05) is 0 Å². The maximum absolute atomic E-state index is 12.5. The summed E-state index contributed by atoms with van der Waals surface area (Å²) in [5.74, 6) is 0.925. The Hall–Kier alpha value is -1.35. The molecule has 3 unspecified atom stereocenters. The lowest BCUT2D eigenvalue weighted by Gasteiger charge is -2.40. The Labute approximate surface area is 121 Å². The third-order valence-electron chi connectivity index (χ3n) is 4.97. The highest BCUT2D eigenvalue weighted by atomic mass is 16.2. The smallest absolute Gasteiger partial charge is 0.241 e. The van der Waals surface area contributed by atoms with E-state index in [1.165, 1.54) is 30.4 Å². The van der Waals surface area contributed by atoms with Crippen molar-refractivity contribution < 1.29 is 4.79 Å². The number of nitrogens with zero attached hydrogens (tertiary/aromatic N) is 1. The number of hydrogen-bond donors (Lipinski definition) is 1. The van der Waals surface area contributed by atoms with Gasteiger partial charge < -0.3 is 4.90 Å². The minimum atomic E-state index is -0.0798. The Balaban J connectivity index is 1.87. The van der Waals surface area contributed by atoms with Crippen molar-refractivity contribution in [1.29, 1.82) is 0 Å². The van der Waals surface area contributed by atoms with Crippen LogP contribution in [0.5, 0.6) is 0 Å². The topological polar surface area (TPSA) is 32.3 Å². The van der Waals surface area contributed by atoms with Gasteiger partial charge in [-0.25, -0.2) is 0 Å². The molecule has 3 rings (SSSR count). The van der Waals surface area contributed by atoms with E-state index >= 15 is 0 Å². The van der Waals surface area contributed by atoms with Crippen LogP contribution in [0.25, 0.3) is 0 Å². The highest BCUT2D eigenvalue weighted by molar-refractivity contribution is 5.84. The van der Waals surface area contributed by atoms with Gasteiger partial charge in [0.2, 0.25) is 5.91 Å². The number of aryl methyl sites for hydroxylation is 1. The van der Waals surface area contributed by atoms with Crippen molar-refractivity contribution in [3.63, 3.8) is 0 Å². The van der Waals surface area contributed by atoms with Crippen LogP contribution in [0.15, 0.2) is 24.3 Å². The van der Waals surface area contributed by atoms with Gasteiger partial charge in [-0.15, -0.1) is 0 Å². The molecule has 3 atom stereocenters. The van der Waals surface area contributed by atoms with Crippen LogP contribution in [0.4, 0.5) is 0 Å². The van der Waals surface area contributed by atoms with Crippen LogP contribution in [-0.4, -0.2) is 22.9 Å². The van der Waals surface area contributed by atoms with E-state index in [0.717, 1.165) is 0 Å². The molecule has 0 spiro atoms. The number of carbonyl (C=O) groups is 1. The third kappa shape index (κ3) is 2.24. The molecule has 1 saturated heterocycles. The highest BCUT2D eigenvalue weighted by Crippen LogP contribution is 2.37. The first-order valence-electron chi connectivity index (χ1n) is 7.72. The molecule has 0 bridgehead atoms. The van der Waals surface area contributed by atoms with Crippen LogP contribution in [0.2, 0.25) is 0 Å². The number of carbonyl (C=O) groups excluding carboxylic acids is 1. The first-order valence-corrected chi connectivity index (χ1v) is 7.72. The summed E-state index contributed by atoms with van der Waals surface area (Å²) in [5, 5.41) is 3.45. The first kappa shape index (κ1) is 13.6. The number of benzene rings is 1. The second kappa shape index (κ2) is 5.21. The largest absolute Gasteiger partial charge is 0.319 e. The number of hydrogen-bond acceptors (Lipinski definition) is 2. The van der Waals surface area contributed by atoms with Crippen molar-refractivity contribution in [2.24, 2.45) is 5.92 Å². The molecule has 1 aromatic carbocycles. The summed E-state index contributed by atoms with van der Waals surface area (Å²) < 4.78 is 0. The van der Waals surface area contributed by atoms with E-state index in [-0.39, 0.29) is 18.1 Å². The van der Waals surface area contributed by atoms with E-state index in [1.807, 2.05) is 6.92 Å². The molecule has 0 aromatic heterocycles. The van der Waals surface area contributed by atoms with Gasteiger partial charge in [0, 0.05) is 6.04 Å². The molecule has 1 N–H and O–H groups in total. The summed E-state index contributed by atoms with van der Waals surface area (Å²) in [6.07, 6.45) is 3.88. The number of amides is 1. The van der Waals surface area contributed by atoms with Gasteiger partial charge in [-0.3, -0.25) is 10.1 Å². The van der Waals surface area contributed by atoms with Gasteiger partial charge in [-0.2, -0.15) is 0 Å². The summed E-state index contributed by atoms with van der Waals surface area (Å²) in [6, 6.07) is 8.77. The second-order valence-electron chi connectivity index (χ2n) is 6.38. The molecule has 1 aromatic rings. The standard InChI is InChI=1S/C17H24N2O/c1-11-7-9-15(10-8-11)16-18-12(2)17(20)19(16)13(3)14-5-4-6-14/h7-10,12-14,16,18H,4-6H2,1-3H3. The van der Waals surface area contributed by atoms with Crippen LogP contribution in [0.3, 0.4) is 0 Å². The number of nitrogens with one attached hydrogen (secondary N) is 1. The molecule has 1 aliphatic carbocycles. The zero-order valence-electron chi connectivity index (χ0n) is 12.6. The lowest BCUT2D eigenvalue weighted by atomic mass is 9.79. The lowest BCUT2D eigenvalue weighted by molar-refractivity contribution is -0.133. The van der Waals surface area contributed by atoms with E-state index in [2.05, 4.69) is 48.3 Å². The molecule has 1 heterocycles. The van der Waals surface area contributed by atoms with Crippen molar-refractivity contribution >= 4 is 5.91 Å². The molecule has 1 aliphatic heterocycles. The minimum absolute atomic E-state index is 0.0358. The van der Waals surface area contributed by atoms with E-state index in [4.69, 9.17) is 0 Å². The van der Waals surface area contributed by atoms with E-state index in [1.54, 1.807) is 0 Å². The molecule has 3 heteroatoms. The Morgan fingerprint density at radius 2 is 1.90 bits per heavy atom. The van der Waals surface area contributed by atoms with E-state index in [0.29, 0.717) is 12.0 Å². The van der Waals surface area contributed by atoms with Gasteiger partial charge in [0.25, 0.3) is 0 Å². The molecular formula is C17H24N2O. The Morgan fingerprint density at radius 1 is 1.25 bits per heavy atom. The van der Waals surface area contributed by atoms with Gasteiger partial charge in [-0.05, 0) is 45.1 Å². The normalized spacial score (nSPS) is 28.6. The molecule has 2 fully saturated rings.